The molecule has 1 amide bonds. The molecule has 1 atom stereocenters. The summed E-state index contributed by atoms with van der Waals surface area (Å²) in [5.41, 5.74) is 4.24. The number of thiophene rings is 1. The van der Waals surface area contributed by atoms with Crippen molar-refractivity contribution in [2.75, 3.05) is 25.5 Å². The molecule has 2 aromatic carbocycles. The number of benzene rings is 2. The van der Waals surface area contributed by atoms with Gasteiger partial charge in [-0.3, -0.25) is 14.5 Å². The third kappa shape index (κ3) is 4.65. The number of aliphatic hydroxyl groups is 1. The monoisotopic (exact) mass is 503 g/mol. The minimum atomic E-state index is -0.295. The highest BCUT2D eigenvalue weighted by Gasteiger charge is 2.23. The highest BCUT2D eigenvalue weighted by Crippen LogP contribution is 2.37. The lowest BCUT2D eigenvalue weighted by atomic mass is 10.0. The summed E-state index contributed by atoms with van der Waals surface area (Å²) < 4.78 is 6.17. The summed E-state index contributed by atoms with van der Waals surface area (Å²) in [6.45, 7) is 6.00. The Balaban J connectivity index is 1.52. The molecule has 5 rings (SSSR count). The van der Waals surface area contributed by atoms with Gasteiger partial charge in [-0.25, -0.2) is 4.98 Å². The first-order valence-corrected chi connectivity index (χ1v) is 12.8. The number of hydrogen-bond acceptors (Lipinski definition) is 7. The van der Waals surface area contributed by atoms with E-state index < -0.39 is 0 Å². The number of para-hydroxylation sites is 1. The van der Waals surface area contributed by atoms with Crippen LogP contribution in [-0.2, 0) is 17.9 Å². The number of ketones is 1. The maximum atomic E-state index is 13.5. The predicted octanol–water partition coefficient (Wildman–Crippen LogP) is 4.93. The highest BCUT2D eigenvalue weighted by molar-refractivity contribution is 7.21. The molecule has 1 fully saturated rings. The summed E-state index contributed by atoms with van der Waals surface area (Å²) in [5.74, 6) is 0.191. The summed E-state index contributed by atoms with van der Waals surface area (Å²) in [7, 11) is 1.63. The largest absolute Gasteiger partial charge is 0.392 e. The van der Waals surface area contributed by atoms with Crippen LogP contribution in [0.15, 0.2) is 42.5 Å². The van der Waals surface area contributed by atoms with Crippen molar-refractivity contribution < 1.29 is 19.4 Å². The number of pyridine rings is 1. The van der Waals surface area contributed by atoms with E-state index in [1.807, 2.05) is 49.4 Å². The number of aromatic nitrogens is 1. The topological polar surface area (TPSA) is 91.8 Å². The number of carbonyl (C=O) groups excluding carboxylic acids is 2. The number of ether oxygens (including phenoxy) is 1. The number of β-amino-alcohol motifs (C(OH)–C–C–N with tert-alkyl or cyclic N) is 1. The molecule has 7 nitrogen and oxygen atoms in total. The molecule has 186 valence electrons. The average molecular weight is 504 g/mol. The van der Waals surface area contributed by atoms with Crippen molar-refractivity contribution in [1.29, 1.82) is 0 Å². The van der Waals surface area contributed by atoms with Gasteiger partial charge in [-0.15, -0.1) is 11.3 Å². The number of rotatable bonds is 7. The van der Waals surface area contributed by atoms with Crippen LogP contribution in [0.1, 0.15) is 50.1 Å². The number of nitrogens with one attached hydrogen (secondary N) is 1. The van der Waals surface area contributed by atoms with E-state index in [-0.39, 0.29) is 17.8 Å². The van der Waals surface area contributed by atoms with Crippen molar-refractivity contribution in [3.05, 3.63) is 69.6 Å². The van der Waals surface area contributed by atoms with E-state index in [0.717, 1.165) is 50.6 Å². The number of methoxy groups -OCH3 is 1. The number of amides is 1. The maximum Gasteiger partial charge on any atom is 0.267 e. The first-order valence-electron chi connectivity index (χ1n) is 12.0. The van der Waals surface area contributed by atoms with Gasteiger partial charge in [0.2, 0.25) is 0 Å². The number of hydrogen-bond donors (Lipinski definition) is 2. The molecule has 1 aliphatic rings. The van der Waals surface area contributed by atoms with Crippen LogP contribution in [0, 0.1) is 6.92 Å². The maximum absolute atomic E-state index is 13.5. The number of aliphatic hydroxyl groups excluding tert-OH is 1. The van der Waals surface area contributed by atoms with Crippen LogP contribution in [0.5, 0.6) is 0 Å². The minimum Gasteiger partial charge on any atom is -0.392 e. The van der Waals surface area contributed by atoms with Crippen LogP contribution >= 0.6 is 11.3 Å². The highest BCUT2D eigenvalue weighted by atomic mass is 32.1. The standard InChI is InChI=1S/C28H29N3O4S/c1-16-25-18(15-35-3)8-9-21(17(2)32)27(25)36-26(16)28(34)30-24-12-19(13-31-11-10-20(33)14-31)22-6-4-5-7-23(22)29-24/h4-9,12,20,33H,10-11,13-15H2,1-3H3,(H,29,30,34)/t20-/m1/s1. The van der Waals surface area contributed by atoms with Gasteiger partial charge < -0.3 is 15.2 Å². The Morgan fingerprint density at radius 2 is 2.03 bits per heavy atom. The Bertz CT molecular complexity index is 1480. The number of anilines is 1. The molecule has 0 saturated carbocycles. The van der Waals surface area contributed by atoms with Gasteiger partial charge in [0.15, 0.2) is 5.78 Å². The number of aryl methyl sites for hydroxylation is 1. The predicted molar refractivity (Wildman–Crippen MR) is 143 cm³/mol. The average Bonchev–Trinajstić information content (AvgIpc) is 3.42. The van der Waals surface area contributed by atoms with Gasteiger partial charge in [-0.1, -0.05) is 24.3 Å². The van der Waals surface area contributed by atoms with Gasteiger partial charge in [0, 0.05) is 47.8 Å². The number of fused-ring (bicyclic) bond motifs is 2. The van der Waals surface area contributed by atoms with Crippen LogP contribution in [0.25, 0.3) is 21.0 Å². The van der Waals surface area contributed by atoms with Crippen molar-refractivity contribution in [3.8, 4) is 0 Å². The summed E-state index contributed by atoms with van der Waals surface area (Å²) >= 11 is 1.33. The molecule has 0 radical (unpaired) electrons. The number of carbonyl (C=O) groups is 2. The molecule has 1 aliphatic heterocycles. The third-order valence-corrected chi connectivity index (χ3v) is 8.06. The lowest BCUT2D eigenvalue weighted by molar-refractivity contribution is 0.101. The van der Waals surface area contributed by atoms with Crippen LogP contribution in [0.4, 0.5) is 5.82 Å². The van der Waals surface area contributed by atoms with Crippen molar-refractivity contribution >= 4 is 49.8 Å². The van der Waals surface area contributed by atoms with E-state index in [1.165, 1.54) is 11.3 Å². The van der Waals surface area contributed by atoms with E-state index in [1.54, 1.807) is 14.0 Å². The third-order valence-electron chi connectivity index (χ3n) is 6.73. The molecule has 36 heavy (non-hydrogen) atoms. The Labute approximate surface area is 213 Å². The zero-order valence-electron chi connectivity index (χ0n) is 20.6. The zero-order chi connectivity index (χ0) is 25.4. The SMILES string of the molecule is COCc1ccc(C(C)=O)c2sc(C(=O)Nc3cc(CN4CC[C@@H](O)C4)c4ccccc4n3)c(C)c12. The van der Waals surface area contributed by atoms with Crippen LogP contribution in [0.2, 0.25) is 0 Å². The molecule has 2 aromatic heterocycles. The Morgan fingerprint density at radius 1 is 1.22 bits per heavy atom. The van der Waals surface area contributed by atoms with Gasteiger partial charge in [-0.05, 0) is 55.2 Å². The smallest absolute Gasteiger partial charge is 0.267 e. The van der Waals surface area contributed by atoms with Crippen LogP contribution < -0.4 is 5.32 Å². The second-order valence-corrected chi connectivity index (χ2v) is 10.4. The fourth-order valence-corrected chi connectivity index (χ4v) is 6.33. The van der Waals surface area contributed by atoms with Gasteiger partial charge in [0.25, 0.3) is 5.91 Å². The minimum absolute atomic E-state index is 0.0370. The summed E-state index contributed by atoms with van der Waals surface area (Å²) in [6.07, 6.45) is 0.474. The summed E-state index contributed by atoms with van der Waals surface area (Å²) in [6, 6.07) is 13.5. The summed E-state index contributed by atoms with van der Waals surface area (Å²) in [5, 5.41) is 14.9. The Morgan fingerprint density at radius 3 is 2.75 bits per heavy atom. The van der Waals surface area contributed by atoms with Crippen LogP contribution in [-0.4, -0.2) is 53.0 Å². The normalized spacial score (nSPS) is 16.2. The first kappa shape index (κ1) is 24.5. The lowest BCUT2D eigenvalue weighted by Crippen LogP contribution is -2.22. The molecular weight excluding hydrogens is 474 g/mol. The molecule has 3 heterocycles. The number of likely N-dealkylation sites (tertiary alicyclic amines) is 1. The Hall–Kier alpha value is -3.17. The number of Topliss-reactive ketones (excluding diaryl/α,β-unsaturated/α-hetero) is 1. The van der Waals surface area contributed by atoms with Gasteiger partial charge in [-0.2, -0.15) is 0 Å². The Kier molecular flexibility index (Phi) is 6.85. The lowest BCUT2D eigenvalue weighted by Gasteiger charge is -2.17. The molecule has 2 N–H and O–H groups in total. The van der Waals surface area contributed by atoms with E-state index in [2.05, 4.69) is 10.2 Å². The van der Waals surface area contributed by atoms with Gasteiger partial charge in [0.05, 0.1) is 23.1 Å². The van der Waals surface area contributed by atoms with Crippen LogP contribution in [0.3, 0.4) is 0 Å². The van der Waals surface area contributed by atoms with E-state index in [0.29, 0.717) is 36.0 Å². The fourth-order valence-electron chi connectivity index (χ4n) is 5.01. The fraction of sp³-hybridized carbons (Fsp3) is 0.321. The van der Waals surface area contributed by atoms with Crippen molar-refractivity contribution in [1.82, 2.24) is 9.88 Å². The van der Waals surface area contributed by atoms with Crippen molar-refractivity contribution in [3.63, 3.8) is 0 Å². The molecule has 1 saturated heterocycles. The number of nitrogens with zero attached hydrogens (tertiary/aromatic N) is 2. The molecule has 0 bridgehead atoms. The second kappa shape index (κ2) is 10.1. The quantitative estimate of drug-likeness (QED) is 0.348. The molecule has 8 heteroatoms. The molecule has 0 unspecified atom stereocenters. The summed E-state index contributed by atoms with van der Waals surface area (Å²) in [4.78, 5) is 33.2. The van der Waals surface area contributed by atoms with E-state index >= 15 is 0 Å². The molecular formula is C28H29N3O4S. The van der Waals surface area contributed by atoms with E-state index in [9.17, 15) is 14.7 Å². The molecule has 4 aromatic rings. The zero-order valence-corrected chi connectivity index (χ0v) is 21.4. The molecule has 0 aliphatic carbocycles. The van der Waals surface area contributed by atoms with Crippen molar-refractivity contribution in [2.24, 2.45) is 0 Å². The second-order valence-electron chi connectivity index (χ2n) is 9.34. The van der Waals surface area contributed by atoms with E-state index in [4.69, 9.17) is 9.72 Å². The van der Waals surface area contributed by atoms with Gasteiger partial charge >= 0.3 is 0 Å². The van der Waals surface area contributed by atoms with Crippen molar-refractivity contribution in [2.45, 2.75) is 39.5 Å². The first-order chi connectivity index (χ1) is 17.4. The molecule has 0 spiro atoms. The van der Waals surface area contributed by atoms with Gasteiger partial charge in [0.1, 0.15) is 5.82 Å².